The van der Waals surface area contributed by atoms with Gasteiger partial charge < -0.3 is 4.74 Å². The van der Waals surface area contributed by atoms with Gasteiger partial charge in [-0.15, -0.1) is 0 Å². The van der Waals surface area contributed by atoms with E-state index in [-0.39, 0.29) is 5.91 Å². The molecule has 0 N–H and O–H groups in total. The Morgan fingerprint density at radius 1 is 1.46 bits per heavy atom. The summed E-state index contributed by atoms with van der Waals surface area (Å²) in [5.74, 6) is 0.518. The van der Waals surface area contributed by atoms with Crippen LogP contribution in [0, 0.1) is 0 Å². The van der Waals surface area contributed by atoms with E-state index >= 15 is 0 Å². The van der Waals surface area contributed by atoms with Crippen LogP contribution in [0.1, 0.15) is 15.9 Å². The molecule has 13 heavy (non-hydrogen) atoms. The van der Waals surface area contributed by atoms with E-state index in [0.29, 0.717) is 11.3 Å². The highest BCUT2D eigenvalue weighted by Gasteiger charge is 2.14. The topological polar surface area (TPSA) is 38.7 Å². The Kier molecular flexibility index (Phi) is 1.85. The second-order valence-electron chi connectivity index (χ2n) is 2.84. The van der Waals surface area contributed by atoms with Gasteiger partial charge in [-0.1, -0.05) is 6.07 Å². The van der Waals surface area contributed by atoms with Crippen molar-refractivity contribution in [3.63, 3.8) is 0 Å². The van der Waals surface area contributed by atoms with Crippen molar-refractivity contribution in [1.82, 2.24) is 0 Å². The lowest BCUT2D eigenvalue weighted by atomic mass is 10.0. The van der Waals surface area contributed by atoms with E-state index in [0.717, 1.165) is 12.0 Å². The van der Waals surface area contributed by atoms with Gasteiger partial charge in [0.15, 0.2) is 0 Å². The molecule has 0 unspecified atom stereocenters. The van der Waals surface area contributed by atoms with E-state index in [9.17, 15) is 4.79 Å². The fraction of sp³-hybridized carbons (Fsp3) is 0.200. The largest absolute Gasteiger partial charge is 0.497 e. The molecule has 1 aliphatic rings. The first-order valence-electron chi connectivity index (χ1n) is 4.05. The zero-order valence-electron chi connectivity index (χ0n) is 7.28. The lowest BCUT2D eigenvalue weighted by molar-refractivity contribution is 0.100. The smallest absolute Gasteiger partial charge is 0.277 e. The number of rotatable bonds is 1. The van der Waals surface area contributed by atoms with E-state index in [1.165, 1.54) is 0 Å². The van der Waals surface area contributed by atoms with Crippen molar-refractivity contribution in [3.05, 3.63) is 29.3 Å². The Morgan fingerprint density at radius 3 is 3.08 bits per heavy atom. The van der Waals surface area contributed by atoms with Crippen LogP contribution in [0.3, 0.4) is 0 Å². The van der Waals surface area contributed by atoms with Crippen molar-refractivity contribution >= 4 is 12.1 Å². The maximum atomic E-state index is 11.3. The number of nitrogens with zero attached hydrogens (tertiary/aromatic N) is 1. The van der Waals surface area contributed by atoms with Crippen LogP contribution in [0.2, 0.25) is 0 Å². The standard InChI is InChI=1S/C10H9NO2/c1-13-8-3-2-7-4-5-11-10(12)9(7)6-8/h2-3,5-6H,4H2,1H3. The van der Waals surface area contributed by atoms with Crippen LogP contribution in [-0.4, -0.2) is 19.2 Å². The van der Waals surface area contributed by atoms with Crippen molar-refractivity contribution in [2.75, 3.05) is 7.11 Å². The molecular weight excluding hydrogens is 166 g/mol. The lowest BCUT2D eigenvalue weighted by Crippen LogP contribution is -2.08. The molecule has 1 aromatic carbocycles. The Bertz CT molecular complexity index is 383. The Hall–Kier alpha value is -1.64. The van der Waals surface area contributed by atoms with E-state index in [2.05, 4.69) is 4.99 Å². The molecule has 0 aromatic heterocycles. The van der Waals surface area contributed by atoms with Gasteiger partial charge in [0.2, 0.25) is 0 Å². The summed E-state index contributed by atoms with van der Waals surface area (Å²) in [7, 11) is 1.58. The first-order chi connectivity index (χ1) is 6.31. The minimum atomic E-state index is -0.180. The quantitative estimate of drug-likeness (QED) is 0.648. The normalized spacial score (nSPS) is 14.1. The number of amides is 1. The number of aliphatic imine (C=N–C) groups is 1. The fourth-order valence-electron chi connectivity index (χ4n) is 1.36. The van der Waals surface area contributed by atoms with Gasteiger partial charge in [-0.25, -0.2) is 4.99 Å². The number of hydrogen-bond donors (Lipinski definition) is 0. The van der Waals surface area contributed by atoms with Crippen LogP contribution in [-0.2, 0) is 6.42 Å². The van der Waals surface area contributed by atoms with Crippen LogP contribution in [0.4, 0.5) is 0 Å². The van der Waals surface area contributed by atoms with Gasteiger partial charge in [0.05, 0.1) is 7.11 Å². The summed E-state index contributed by atoms with van der Waals surface area (Å²) in [5.41, 5.74) is 1.67. The van der Waals surface area contributed by atoms with Gasteiger partial charge in [-0.2, -0.15) is 0 Å². The molecule has 0 atom stereocenters. The molecule has 1 aliphatic heterocycles. The highest BCUT2D eigenvalue weighted by Crippen LogP contribution is 2.20. The van der Waals surface area contributed by atoms with Crippen LogP contribution in [0.25, 0.3) is 0 Å². The predicted molar refractivity (Wildman–Crippen MR) is 49.5 cm³/mol. The number of hydrogen-bond acceptors (Lipinski definition) is 2. The van der Waals surface area contributed by atoms with Gasteiger partial charge >= 0.3 is 0 Å². The third kappa shape index (κ3) is 1.33. The highest BCUT2D eigenvalue weighted by molar-refractivity contribution is 6.03. The average Bonchev–Trinajstić information content (AvgIpc) is 2.18. The number of ether oxygens (including phenoxy) is 1. The minimum Gasteiger partial charge on any atom is -0.497 e. The summed E-state index contributed by atoms with van der Waals surface area (Å²) >= 11 is 0. The summed E-state index contributed by atoms with van der Waals surface area (Å²) < 4.78 is 5.02. The first-order valence-corrected chi connectivity index (χ1v) is 4.05. The molecule has 3 nitrogen and oxygen atoms in total. The number of carbonyl (C=O) groups excluding carboxylic acids is 1. The molecule has 0 aliphatic carbocycles. The monoisotopic (exact) mass is 175 g/mol. The molecule has 0 fully saturated rings. The van der Waals surface area contributed by atoms with Gasteiger partial charge in [-0.3, -0.25) is 4.79 Å². The molecule has 2 rings (SSSR count). The van der Waals surface area contributed by atoms with E-state index in [1.807, 2.05) is 12.1 Å². The summed E-state index contributed by atoms with van der Waals surface area (Å²) in [5, 5.41) is 0. The maximum absolute atomic E-state index is 11.3. The maximum Gasteiger partial charge on any atom is 0.277 e. The third-order valence-corrected chi connectivity index (χ3v) is 2.07. The molecule has 3 heteroatoms. The number of benzene rings is 1. The van der Waals surface area contributed by atoms with Crippen molar-refractivity contribution in [2.24, 2.45) is 4.99 Å². The molecule has 1 heterocycles. The van der Waals surface area contributed by atoms with Crippen molar-refractivity contribution in [3.8, 4) is 5.75 Å². The minimum absolute atomic E-state index is 0.180. The third-order valence-electron chi connectivity index (χ3n) is 2.07. The van der Waals surface area contributed by atoms with E-state index < -0.39 is 0 Å². The molecule has 1 aromatic rings. The molecule has 1 amide bonds. The van der Waals surface area contributed by atoms with Crippen LogP contribution in [0.15, 0.2) is 23.2 Å². The molecular formula is C10H9NO2. The number of methoxy groups -OCH3 is 1. The highest BCUT2D eigenvalue weighted by atomic mass is 16.5. The van der Waals surface area contributed by atoms with Crippen LogP contribution >= 0.6 is 0 Å². The Morgan fingerprint density at radius 2 is 2.31 bits per heavy atom. The van der Waals surface area contributed by atoms with Gasteiger partial charge in [-0.05, 0) is 17.7 Å². The summed E-state index contributed by atoms with van der Waals surface area (Å²) in [6.45, 7) is 0. The van der Waals surface area contributed by atoms with Crippen molar-refractivity contribution in [2.45, 2.75) is 6.42 Å². The Balaban J connectivity index is 2.51. The average molecular weight is 175 g/mol. The molecule has 0 radical (unpaired) electrons. The fourth-order valence-corrected chi connectivity index (χ4v) is 1.36. The van der Waals surface area contributed by atoms with Crippen LogP contribution < -0.4 is 4.74 Å². The summed E-state index contributed by atoms with van der Waals surface area (Å²) in [6, 6.07) is 5.48. The Labute approximate surface area is 76.1 Å². The molecule has 0 spiro atoms. The number of carbonyl (C=O) groups is 1. The van der Waals surface area contributed by atoms with Crippen molar-refractivity contribution < 1.29 is 9.53 Å². The van der Waals surface area contributed by atoms with Gasteiger partial charge in [0.1, 0.15) is 5.75 Å². The van der Waals surface area contributed by atoms with Crippen LogP contribution in [0.5, 0.6) is 5.75 Å². The molecule has 0 saturated heterocycles. The zero-order valence-corrected chi connectivity index (χ0v) is 7.28. The van der Waals surface area contributed by atoms with Gasteiger partial charge in [0.25, 0.3) is 5.91 Å². The van der Waals surface area contributed by atoms with E-state index in [4.69, 9.17) is 4.74 Å². The summed E-state index contributed by atoms with van der Waals surface area (Å²) in [4.78, 5) is 15.0. The molecule has 66 valence electrons. The second-order valence-corrected chi connectivity index (χ2v) is 2.84. The first kappa shape index (κ1) is 7.98. The lowest BCUT2D eigenvalue weighted by Gasteiger charge is -2.09. The molecule has 0 saturated carbocycles. The van der Waals surface area contributed by atoms with E-state index in [1.54, 1.807) is 19.4 Å². The SMILES string of the molecule is COc1ccc2c(c1)C(=O)N=CC2. The zero-order chi connectivity index (χ0) is 9.26. The van der Waals surface area contributed by atoms with Gasteiger partial charge in [0, 0.05) is 18.2 Å². The molecule has 0 bridgehead atoms. The summed E-state index contributed by atoms with van der Waals surface area (Å²) in [6.07, 6.45) is 2.36. The second kappa shape index (κ2) is 3.01. The predicted octanol–water partition coefficient (Wildman–Crippen LogP) is 1.46. The van der Waals surface area contributed by atoms with Crippen molar-refractivity contribution in [1.29, 1.82) is 0 Å². The number of fused-ring (bicyclic) bond motifs is 1.